The lowest BCUT2D eigenvalue weighted by Crippen LogP contribution is -2.47. The third-order valence-corrected chi connectivity index (χ3v) is 4.02. The van der Waals surface area contributed by atoms with Crippen LogP contribution in [0.2, 0.25) is 5.02 Å². The zero-order valence-electron chi connectivity index (χ0n) is 10.4. The van der Waals surface area contributed by atoms with E-state index in [9.17, 15) is 9.18 Å². The summed E-state index contributed by atoms with van der Waals surface area (Å²) >= 11 is 5.72. The van der Waals surface area contributed by atoms with E-state index in [1.165, 1.54) is 12.1 Å². The van der Waals surface area contributed by atoms with E-state index < -0.39 is 5.82 Å². The second-order valence-electron chi connectivity index (χ2n) is 4.81. The van der Waals surface area contributed by atoms with Gasteiger partial charge in [0, 0.05) is 6.42 Å². The maximum atomic E-state index is 13.0. The molecule has 0 spiro atoms. The summed E-state index contributed by atoms with van der Waals surface area (Å²) in [4.78, 5) is 12.4. The third kappa shape index (κ3) is 2.57. The van der Waals surface area contributed by atoms with Crippen LogP contribution in [-0.4, -0.2) is 17.9 Å². The molecule has 18 heavy (non-hydrogen) atoms. The van der Waals surface area contributed by atoms with E-state index in [2.05, 4.69) is 5.32 Å². The van der Waals surface area contributed by atoms with Crippen molar-refractivity contribution in [2.75, 3.05) is 6.54 Å². The van der Waals surface area contributed by atoms with Crippen molar-refractivity contribution < 1.29 is 9.18 Å². The molecule has 1 aromatic carbocycles. The van der Waals surface area contributed by atoms with Crippen molar-refractivity contribution in [2.45, 2.75) is 38.1 Å². The standard InChI is InChI=1S/C14H17ClFNO/c1-2-14(6-3-7-17-14)13(18)9-10-4-5-12(16)11(15)8-10/h4-5,8,17H,2-3,6-7,9H2,1H3. The second kappa shape index (κ2) is 5.37. The zero-order valence-corrected chi connectivity index (χ0v) is 11.2. The van der Waals surface area contributed by atoms with Gasteiger partial charge >= 0.3 is 0 Å². The number of halogens is 2. The molecule has 98 valence electrons. The summed E-state index contributed by atoms with van der Waals surface area (Å²) in [6.07, 6.45) is 3.02. The van der Waals surface area contributed by atoms with Gasteiger partial charge in [-0.2, -0.15) is 0 Å². The first-order valence-corrected chi connectivity index (χ1v) is 6.67. The zero-order chi connectivity index (χ0) is 13.2. The fourth-order valence-electron chi connectivity index (χ4n) is 2.55. The van der Waals surface area contributed by atoms with E-state index in [-0.39, 0.29) is 16.3 Å². The molecule has 1 N–H and O–H groups in total. The number of carbonyl (C=O) groups excluding carboxylic acids is 1. The molecule has 0 aromatic heterocycles. The Morgan fingerprint density at radius 2 is 2.33 bits per heavy atom. The number of hydrogen-bond acceptors (Lipinski definition) is 2. The Kier molecular flexibility index (Phi) is 4.03. The summed E-state index contributed by atoms with van der Waals surface area (Å²) in [5, 5.41) is 3.38. The number of benzene rings is 1. The third-order valence-electron chi connectivity index (χ3n) is 3.73. The number of ketones is 1. The minimum atomic E-state index is -0.447. The lowest BCUT2D eigenvalue weighted by molar-refractivity contribution is -0.124. The monoisotopic (exact) mass is 269 g/mol. The molecule has 1 aliphatic heterocycles. The maximum Gasteiger partial charge on any atom is 0.157 e. The van der Waals surface area contributed by atoms with Crippen LogP contribution >= 0.6 is 11.6 Å². The first-order chi connectivity index (χ1) is 8.57. The first-order valence-electron chi connectivity index (χ1n) is 6.29. The molecule has 1 aliphatic rings. The highest BCUT2D eigenvalue weighted by Crippen LogP contribution is 2.26. The summed E-state index contributed by atoms with van der Waals surface area (Å²) in [5.41, 5.74) is 0.383. The Hall–Kier alpha value is -0.930. The normalized spacial score (nSPS) is 23.3. The fraction of sp³-hybridized carbons (Fsp3) is 0.500. The highest BCUT2D eigenvalue weighted by atomic mass is 35.5. The van der Waals surface area contributed by atoms with Gasteiger partial charge in [-0.15, -0.1) is 0 Å². The Balaban J connectivity index is 2.13. The largest absolute Gasteiger partial charge is 0.305 e. The Morgan fingerprint density at radius 3 is 2.89 bits per heavy atom. The molecule has 2 nitrogen and oxygen atoms in total. The molecule has 1 fully saturated rings. The Labute approximate surface area is 112 Å². The van der Waals surface area contributed by atoms with E-state index >= 15 is 0 Å². The van der Waals surface area contributed by atoms with E-state index in [0.717, 1.165) is 31.4 Å². The molecule has 0 amide bonds. The van der Waals surface area contributed by atoms with Crippen molar-refractivity contribution >= 4 is 17.4 Å². The highest BCUT2D eigenvalue weighted by molar-refractivity contribution is 6.30. The van der Waals surface area contributed by atoms with Gasteiger partial charge in [-0.3, -0.25) is 4.79 Å². The van der Waals surface area contributed by atoms with Crippen LogP contribution in [0.15, 0.2) is 18.2 Å². The molecule has 1 heterocycles. The minimum Gasteiger partial charge on any atom is -0.305 e. The molecule has 0 saturated carbocycles. The van der Waals surface area contributed by atoms with E-state index in [0.29, 0.717) is 6.42 Å². The number of hydrogen-bond donors (Lipinski definition) is 1. The van der Waals surface area contributed by atoms with Crippen LogP contribution in [0.5, 0.6) is 0 Å². The summed E-state index contributed by atoms with van der Waals surface area (Å²) in [6, 6.07) is 4.47. The van der Waals surface area contributed by atoms with Gasteiger partial charge in [0.15, 0.2) is 5.78 Å². The second-order valence-corrected chi connectivity index (χ2v) is 5.22. The van der Waals surface area contributed by atoms with Crippen LogP contribution in [-0.2, 0) is 11.2 Å². The van der Waals surface area contributed by atoms with Crippen molar-refractivity contribution in [3.8, 4) is 0 Å². The van der Waals surface area contributed by atoms with Gasteiger partial charge in [-0.1, -0.05) is 24.6 Å². The van der Waals surface area contributed by atoms with E-state index in [1.807, 2.05) is 6.92 Å². The SMILES string of the molecule is CCC1(C(=O)Cc2ccc(F)c(Cl)c2)CCCN1. The quantitative estimate of drug-likeness (QED) is 0.910. The van der Waals surface area contributed by atoms with E-state index in [1.54, 1.807) is 6.07 Å². The Bertz CT molecular complexity index is 455. The number of Topliss-reactive ketones (excluding diaryl/α,β-unsaturated/α-hetero) is 1. The first kappa shape index (κ1) is 13.5. The summed E-state index contributed by atoms with van der Waals surface area (Å²) < 4.78 is 13.0. The van der Waals surface area contributed by atoms with Gasteiger partial charge in [-0.05, 0) is 43.5 Å². The lowest BCUT2D eigenvalue weighted by Gasteiger charge is -2.26. The van der Waals surface area contributed by atoms with Crippen LogP contribution < -0.4 is 5.32 Å². The average molecular weight is 270 g/mol. The van der Waals surface area contributed by atoms with Gasteiger partial charge in [0.05, 0.1) is 10.6 Å². The highest BCUT2D eigenvalue weighted by Gasteiger charge is 2.38. The molecule has 1 saturated heterocycles. The molecular formula is C14H17ClFNO. The smallest absolute Gasteiger partial charge is 0.157 e. The Morgan fingerprint density at radius 1 is 1.56 bits per heavy atom. The predicted molar refractivity (Wildman–Crippen MR) is 70.4 cm³/mol. The molecule has 0 bridgehead atoms. The predicted octanol–water partition coefficient (Wildman–Crippen LogP) is 3.12. The molecular weight excluding hydrogens is 253 g/mol. The van der Waals surface area contributed by atoms with Gasteiger partial charge in [0.1, 0.15) is 5.82 Å². The number of nitrogens with one attached hydrogen (secondary N) is 1. The molecule has 0 radical (unpaired) electrons. The maximum absolute atomic E-state index is 13.0. The van der Waals surface area contributed by atoms with Crippen LogP contribution in [0.3, 0.4) is 0 Å². The van der Waals surface area contributed by atoms with Gasteiger partial charge in [0.25, 0.3) is 0 Å². The van der Waals surface area contributed by atoms with Crippen molar-refractivity contribution in [2.24, 2.45) is 0 Å². The average Bonchev–Trinajstić information content (AvgIpc) is 2.84. The summed E-state index contributed by atoms with van der Waals surface area (Å²) in [6.45, 7) is 2.91. The number of carbonyl (C=O) groups is 1. The molecule has 2 rings (SSSR count). The summed E-state index contributed by atoms with van der Waals surface area (Å²) in [7, 11) is 0. The minimum absolute atomic E-state index is 0.0743. The van der Waals surface area contributed by atoms with Crippen LogP contribution in [0.25, 0.3) is 0 Å². The fourth-order valence-corrected chi connectivity index (χ4v) is 2.75. The summed E-state index contributed by atoms with van der Waals surface area (Å²) in [5.74, 6) is -0.276. The van der Waals surface area contributed by atoms with Crippen molar-refractivity contribution in [1.29, 1.82) is 0 Å². The van der Waals surface area contributed by atoms with Crippen molar-refractivity contribution in [3.63, 3.8) is 0 Å². The van der Waals surface area contributed by atoms with Crippen molar-refractivity contribution in [3.05, 3.63) is 34.6 Å². The van der Waals surface area contributed by atoms with Gasteiger partial charge in [-0.25, -0.2) is 4.39 Å². The van der Waals surface area contributed by atoms with Gasteiger partial charge < -0.3 is 5.32 Å². The topological polar surface area (TPSA) is 29.1 Å². The van der Waals surface area contributed by atoms with Crippen LogP contribution in [0, 0.1) is 5.82 Å². The lowest BCUT2D eigenvalue weighted by atomic mass is 9.86. The van der Waals surface area contributed by atoms with Crippen LogP contribution in [0.1, 0.15) is 31.7 Å². The number of rotatable bonds is 4. The molecule has 1 unspecified atom stereocenters. The van der Waals surface area contributed by atoms with Gasteiger partial charge in [0.2, 0.25) is 0 Å². The van der Waals surface area contributed by atoms with Crippen molar-refractivity contribution in [1.82, 2.24) is 5.32 Å². The molecule has 1 aromatic rings. The molecule has 0 aliphatic carbocycles. The van der Waals surface area contributed by atoms with E-state index in [4.69, 9.17) is 11.6 Å². The molecule has 1 atom stereocenters. The molecule has 4 heteroatoms. The van der Waals surface area contributed by atoms with Crippen LogP contribution in [0.4, 0.5) is 4.39 Å².